The van der Waals surface area contributed by atoms with Gasteiger partial charge in [0, 0.05) is 17.1 Å². The minimum atomic E-state index is -1.11. The number of hydrogen-bond acceptors (Lipinski definition) is 3. The predicted molar refractivity (Wildman–Crippen MR) is 79.2 cm³/mol. The number of carboxylic acid groups (broad SMARTS) is 1. The van der Waals surface area contributed by atoms with Crippen LogP contribution in [0.4, 0.5) is 5.69 Å². The van der Waals surface area contributed by atoms with Crippen molar-refractivity contribution in [3.05, 3.63) is 50.4 Å². The van der Waals surface area contributed by atoms with E-state index in [0.29, 0.717) is 38.6 Å². The Labute approximate surface area is 130 Å². The molecular weight excluding hydrogens is 325 g/mol. The first-order chi connectivity index (χ1) is 9.38. The van der Waals surface area contributed by atoms with Gasteiger partial charge in [0.25, 0.3) is 0 Å². The number of rotatable bonds is 4. The number of furan rings is 1. The van der Waals surface area contributed by atoms with Gasteiger partial charge in [-0.05, 0) is 25.1 Å². The summed E-state index contributed by atoms with van der Waals surface area (Å²) in [6, 6.07) is 4.60. The van der Waals surface area contributed by atoms with Gasteiger partial charge in [0.1, 0.15) is 5.76 Å². The Morgan fingerprint density at radius 3 is 2.35 bits per heavy atom. The van der Waals surface area contributed by atoms with E-state index in [1.54, 1.807) is 19.1 Å². The van der Waals surface area contributed by atoms with Gasteiger partial charge in [-0.1, -0.05) is 34.8 Å². The Hall–Kier alpha value is -1.36. The van der Waals surface area contributed by atoms with Crippen LogP contribution in [0.25, 0.3) is 0 Å². The van der Waals surface area contributed by atoms with Crippen LogP contribution in [0, 0.1) is 6.92 Å². The summed E-state index contributed by atoms with van der Waals surface area (Å²) in [6.07, 6.45) is 0. The second kappa shape index (κ2) is 5.95. The molecule has 0 fully saturated rings. The third-order valence-electron chi connectivity index (χ3n) is 2.69. The Morgan fingerprint density at radius 2 is 1.85 bits per heavy atom. The molecule has 4 nitrogen and oxygen atoms in total. The number of anilines is 1. The number of aromatic carboxylic acids is 1. The van der Waals surface area contributed by atoms with Gasteiger partial charge < -0.3 is 14.8 Å². The Morgan fingerprint density at radius 1 is 1.25 bits per heavy atom. The van der Waals surface area contributed by atoms with Gasteiger partial charge in [-0.25, -0.2) is 4.79 Å². The van der Waals surface area contributed by atoms with Gasteiger partial charge in [0.05, 0.1) is 15.7 Å². The molecule has 0 aliphatic heterocycles. The summed E-state index contributed by atoms with van der Waals surface area (Å²) in [7, 11) is 0. The highest BCUT2D eigenvalue weighted by molar-refractivity contribution is 6.41. The Balaban J connectivity index is 2.19. The van der Waals surface area contributed by atoms with Crippen LogP contribution < -0.4 is 5.32 Å². The molecule has 7 heteroatoms. The highest BCUT2D eigenvalue weighted by atomic mass is 35.5. The normalized spacial score (nSPS) is 10.6. The molecule has 0 atom stereocenters. The number of halogens is 3. The second-order valence-electron chi connectivity index (χ2n) is 4.10. The van der Waals surface area contributed by atoms with Crippen LogP contribution in [0.3, 0.4) is 0 Å². The van der Waals surface area contributed by atoms with Gasteiger partial charge in [-0.15, -0.1) is 0 Å². The SMILES string of the molecule is Cc1oc(C(=O)O)cc1CNc1c(Cl)cc(Cl)cc1Cl. The molecule has 0 saturated carbocycles. The largest absolute Gasteiger partial charge is 0.475 e. The number of carbonyl (C=O) groups is 1. The third kappa shape index (κ3) is 3.20. The Bertz CT molecular complexity index is 644. The quantitative estimate of drug-likeness (QED) is 0.838. The number of aryl methyl sites for hydroxylation is 1. The molecule has 20 heavy (non-hydrogen) atoms. The summed E-state index contributed by atoms with van der Waals surface area (Å²) in [4.78, 5) is 10.8. The van der Waals surface area contributed by atoms with Crippen LogP contribution in [0.5, 0.6) is 0 Å². The fourth-order valence-corrected chi connectivity index (χ4v) is 2.65. The molecule has 0 saturated heterocycles. The highest BCUT2D eigenvalue weighted by Gasteiger charge is 2.14. The van der Waals surface area contributed by atoms with E-state index in [9.17, 15) is 4.79 Å². The minimum absolute atomic E-state index is 0.104. The topological polar surface area (TPSA) is 62.5 Å². The lowest BCUT2D eigenvalue weighted by Crippen LogP contribution is -2.01. The summed E-state index contributed by atoms with van der Waals surface area (Å²) in [5.41, 5.74) is 1.25. The van der Waals surface area contributed by atoms with Crippen molar-refractivity contribution >= 4 is 46.5 Å². The zero-order valence-corrected chi connectivity index (χ0v) is 12.6. The van der Waals surface area contributed by atoms with E-state index in [-0.39, 0.29) is 5.76 Å². The lowest BCUT2D eigenvalue weighted by Gasteiger charge is -2.10. The number of nitrogens with one attached hydrogen (secondary N) is 1. The standard InChI is InChI=1S/C13H10Cl3NO3/c1-6-7(2-11(20-6)13(18)19)5-17-12-9(15)3-8(14)4-10(12)16/h2-4,17H,5H2,1H3,(H,18,19). The van der Waals surface area contributed by atoms with Crippen molar-refractivity contribution in [2.75, 3.05) is 5.32 Å². The maximum Gasteiger partial charge on any atom is 0.371 e. The van der Waals surface area contributed by atoms with Crippen LogP contribution in [0.2, 0.25) is 15.1 Å². The van der Waals surface area contributed by atoms with E-state index in [4.69, 9.17) is 44.3 Å². The monoisotopic (exact) mass is 333 g/mol. The molecule has 0 unspecified atom stereocenters. The van der Waals surface area contributed by atoms with E-state index in [1.807, 2.05) is 0 Å². The van der Waals surface area contributed by atoms with E-state index in [0.717, 1.165) is 0 Å². The zero-order valence-electron chi connectivity index (χ0n) is 10.3. The van der Waals surface area contributed by atoms with Gasteiger partial charge in [-0.3, -0.25) is 0 Å². The maximum absolute atomic E-state index is 10.8. The van der Waals surface area contributed by atoms with Crippen LogP contribution in [-0.2, 0) is 6.54 Å². The first-order valence-electron chi connectivity index (χ1n) is 5.59. The smallest absolute Gasteiger partial charge is 0.371 e. The Kier molecular flexibility index (Phi) is 4.48. The molecule has 0 aliphatic carbocycles. The van der Waals surface area contributed by atoms with Crippen LogP contribution >= 0.6 is 34.8 Å². The van der Waals surface area contributed by atoms with Gasteiger partial charge in [0.2, 0.25) is 5.76 Å². The summed E-state index contributed by atoms with van der Waals surface area (Å²) in [5.74, 6) is -0.689. The summed E-state index contributed by atoms with van der Waals surface area (Å²) in [5, 5.41) is 13.1. The van der Waals surface area contributed by atoms with Gasteiger partial charge >= 0.3 is 5.97 Å². The summed E-state index contributed by atoms with van der Waals surface area (Å²) < 4.78 is 5.12. The highest BCUT2D eigenvalue weighted by Crippen LogP contribution is 2.34. The second-order valence-corrected chi connectivity index (χ2v) is 5.35. The van der Waals surface area contributed by atoms with Crippen molar-refractivity contribution in [3.8, 4) is 0 Å². The fourth-order valence-electron chi connectivity index (χ4n) is 1.70. The predicted octanol–water partition coefficient (Wildman–Crippen LogP) is 4.86. The average molecular weight is 335 g/mol. The van der Waals surface area contributed by atoms with Crippen molar-refractivity contribution < 1.29 is 14.3 Å². The van der Waals surface area contributed by atoms with Gasteiger partial charge in [0.15, 0.2) is 0 Å². The van der Waals surface area contributed by atoms with E-state index in [2.05, 4.69) is 5.32 Å². The van der Waals surface area contributed by atoms with Crippen LogP contribution in [-0.4, -0.2) is 11.1 Å². The molecule has 2 rings (SSSR count). The van der Waals surface area contributed by atoms with Crippen molar-refractivity contribution in [2.24, 2.45) is 0 Å². The van der Waals surface area contributed by atoms with Crippen molar-refractivity contribution in [2.45, 2.75) is 13.5 Å². The molecule has 0 amide bonds. The molecule has 0 radical (unpaired) electrons. The average Bonchev–Trinajstić information content (AvgIpc) is 2.70. The maximum atomic E-state index is 10.8. The molecule has 0 spiro atoms. The lowest BCUT2D eigenvalue weighted by atomic mass is 10.2. The van der Waals surface area contributed by atoms with Crippen molar-refractivity contribution in [3.63, 3.8) is 0 Å². The van der Waals surface area contributed by atoms with Crippen LogP contribution in [0.1, 0.15) is 21.9 Å². The molecule has 1 aromatic heterocycles. The fraction of sp³-hybridized carbons (Fsp3) is 0.154. The van der Waals surface area contributed by atoms with Crippen molar-refractivity contribution in [1.82, 2.24) is 0 Å². The molecule has 106 valence electrons. The zero-order chi connectivity index (χ0) is 14.9. The molecule has 0 bridgehead atoms. The first-order valence-corrected chi connectivity index (χ1v) is 6.73. The third-order valence-corrected chi connectivity index (χ3v) is 3.51. The molecule has 2 aromatic rings. The van der Waals surface area contributed by atoms with E-state index >= 15 is 0 Å². The van der Waals surface area contributed by atoms with E-state index in [1.165, 1.54) is 6.07 Å². The molecule has 1 aromatic carbocycles. The summed E-state index contributed by atoms with van der Waals surface area (Å²) >= 11 is 17.9. The van der Waals surface area contributed by atoms with Crippen molar-refractivity contribution in [1.29, 1.82) is 0 Å². The molecular formula is C13H10Cl3NO3. The van der Waals surface area contributed by atoms with E-state index < -0.39 is 5.97 Å². The molecule has 1 heterocycles. The summed E-state index contributed by atoms with van der Waals surface area (Å²) in [6.45, 7) is 2.03. The molecule has 0 aliphatic rings. The first kappa shape index (κ1) is 15.0. The number of carboxylic acids is 1. The molecule has 2 N–H and O–H groups in total. The number of benzene rings is 1. The minimum Gasteiger partial charge on any atom is -0.475 e. The lowest BCUT2D eigenvalue weighted by molar-refractivity contribution is 0.0661. The number of hydrogen-bond donors (Lipinski definition) is 2. The van der Waals surface area contributed by atoms with Gasteiger partial charge in [-0.2, -0.15) is 0 Å². The van der Waals surface area contributed by atoms with Crippen LogP contribution in [0.15, 0.2) is 22.6 Å².